The summed E-state index contributed by atoms with van der Waals surface area (Å²) >= 11 is 0. The Labute approximate surface area is 75.7 Å². The van der Waals surface area contributed by atoms with Gasteiger partial charge in [-0.05, 0) is 30.5 Å². The molecule has 3 heteroatoms. The zero-order chi connectivity index (χ0) is 9.31. The highest BCUT2D eigenvalue weighted by atomic mass is 16.3. The number of aromatic hydroxyl groups is 1. The van der Waals surface area contributed by atoms with Crippen LogP contribution in [0.1, 0.15) is 18.4 Å². The molecule has 1 N–H and O–H groups in total. The fourth-order valence-electron chi connectivity index (χ4n) is 1.44. The van der Waals surface area contributed by atoms with Gasteiger partial charge in [-0.2, -0.15) is 4.99 Å². The van der Waals surface area contributed by atoms with Crippen LogP contribution in [0.4, 0.5) is 0 Å². The van der Waals surface area contributed by atoms with Crippen LogP contribution in [0.15, 0.2) is 29.3 Å². The van der Waals surface area contributed by atoms with E-state index in [1.807, 2.05) is 0 Å². The predicted molar refractivity (Wildman–Crippen MR) is 47.1 cm³/mol. The van der Waals surface area contributed by atoms with Crippen LogP contribution < -0.4 is 0 Å². The predicted octanol–water partition coefficient (Wildman–Crippen LogP) is 1.72. The number of phenols is 1. The molecule has 0 spiro atoms. The number of hydrogen-bond donors (Lipinski definition) is 1. The Hall–Kier alpha value is -1.60. The van der Waals surface area contributed by atoms with E-state index in [1.54, 1.807) is 30.3 Å². The van der Waals surface area contributed by atoms with Crippen molar-refractivity contribution >= 4 is 6.08 Å². The second-order valence-electron chi connectivity index (χ2n) is 3.28. The molecule has 2 rings (SSSR count). The minimum Gasteiger partial charge on any atom is -0.508 e. The molecular weight excluding hydrogens is 166 g/mol. The van der Waals surface area contributed by atoms with Crippen LogP contribution in [0, 0.1) is 0 Å². The molecule has 1 saturated carbocycles. The molecule has 0 heterocycles. The zero-order valence-corrected chi connectivity index (χ0v) is 7.03. The van der Waals surface area contributed by atoms with Crippen LogP contribution in [-0.2, 0) is 10.3 Å². The van der Waals surface area contributed by atoms with E-state index in [4.69, 9.17) is 5.11 Å². The SMILES string of the molecule is O=C=NC1(c2ccc(O)cc2)CC1. The molecule has 1 fully saturated rings. The third-order valence-electron chi connectivity index (χ3n) is 2.39. The standard InChI is InChI=1S/C10H9NO2/c12-7-11-10(5-6-10)8-1-3-9(13)4-2-8/h1-4,13H,5-6H2. The average Bonchev–Trinajstić information content (AvgIpc) is 2.87. The summed E-state index contributed by atoms with van der Waals surface area (Å²) in [5.41, 5.74) is 0.656. The van der Waals surface area contributed by atoms with Gasteiger partial charge in [0.25, 0.3) is 0 Å². The van der Waals surface area contributed by atoms with E-state index >= 15 is 0 Å². The highest BCUT2D eigenvalue weighted by Crippen LogP contribution is 2.49. The smallest absolute Gasteiger partial charge is 0.235 e. The quantitative estimate of drug-likeness (QED) is 0.549. The first-order chi connectivity index (χ1) is 6.27. The van der Waals surface area contributed by atoms with Gasteiger partial charge in [0.2, 0.25) is 6.08 Å². The van der Waals surface area contributed by atoms with Crippen molar-refractivity contribution in [3.8, 4) is 5.75 Å². The number of isocyanates is 1. The Kier molecular flexibility index (Phi) is 1.67. The normalized spacial score (nSPS) is 17.5. The maximum absolute atomic E-state index is 10.2. The molecule has 1 aromatic carbocycles. The third kappa shape index (κ3) is 1.34. The Morgan fingerprint density at radius 3 is 2.38 bits per heavy atom. The largest absolute Gasteiger partial charge is 0.508 e. The number of nitrogens with zero attached hydrogens (tertiary/aromatic N) is 1. The van der Waals surface area contributed by atoms with Crippen molar-refractivity contribution in [1.29, 1.82) is 0 Å². The molecule has 3 nitrogen and oxygen atoms in total. The summed E-state index contributed by atoms with van der Waals surface area (Å²) in [7, 11) is 0. The molecule has 66 valence electrons. The third-order valence-corrected chi connectivity index (χ3v) is 2.39. The molecular formula is C10H9NO2. The van der Waals surface area contributed by atoms with Crippen LogP contribution in [0.25, 0.3) is 0 Å². The highest BCUT2D eigenvalue weighted by molar-refractivity contribution is 5.42. The Morgan fingerprint density at radius 1 is 1.31 bits per heavy atom. The van der Waals surface area contributed by atoms with Crippen molar-refractivity contribution in [3.63, 3.8) is 0 Å². The van der Waals surface area contributed by atoms with E-state index in [2.05, 4.69) is 4.99 Å². The molecule has 0 radical (unpaired) electrons. The summed E-state index contributed by atoms with van der Waals surface area (Å²) in [5, 5.41) is 9.06. The summed E-state index contributed by atoms with van der Waals surface area (Å²) in [4.78, 5) is 13.9. The van der Waals surface area contributed by atoms with Gasteiger partial charge < -0.3 is 5.11 Å². The topological polar surface area (TPSA) is 49.7 Å². The number of carbonyl (C=O) groups excluding carboxylic acids is 1. The van der Waals surface area contributed by atoms with Gasteiger partial charge in [0.05, 0.1) is 5.54 Å². The van der Waals surface area contributed by atoms with Gasteiger partial charge >= 0.3 is 0 Å². The number of hydrogen-bond acceptors (Lipinski definition) is 3. The monoisotopic (exact) mass is 175 g/mol. The lowest BCUT2D eigenvalue weighted by molar-refractivity contribution is 0.474. The van der Waals surface area contributed by atoms with E-state index in [0.717, 1.165) is 18.4 Å². The number of benzene rings is 1. The molecule has 0 saturated heterocycles. The van der Waals surface area contributed by atoms with Crippen LogP contribution in [0.2, 0.25) is 0 Å². The first-order valence-corrected chi connectivity index (χ1v) is 4.15. The van der Waals surface area contributed by atoms with Crippen molar-refractivity contribution < 1.29 is 9.90 Å². The molecule has 0 atom stereocenters. The number of phenolic OH excluding ortho intramolecular Hbond substituents is 1. The maximum Gasteiger partial charge on any atom is 0.235 e. The first kappa shape index (κ1) is 8.02. The van der Waals surface area contributed by atoms with E-state index in [1.165, 1.54) is 0 Å². The molecule has 0 aromatic heterocycles. The Balaban J connectivity index is 2.35. The van der Waals surface area contributed by atoms with Gasteiger partial charge in [-0.25, -0.2) is 4.79 Å². The minimum absolute atomic E-state index is 0.231. The van der Waals surface area contributed by atoms with Crippen molar-refractivity contribution in [3.05, 3.63) is 29.8 Å². The second kappa shape index (κ2) is 2.71. The maximum atomic E-state index is 10.2. The summed E-state index contributed by atoms with van der Waals surface area (Å²) < 4.78 is 0. The Morgan fingerprint density at radius 2 is 1.92 bits per heavy atom. The van der Waals surface area contributed by atoms with Gasteiger partial charge in [-0.1, -0.05) is 12.1 Å². The molecule has 0 amide bonds. The van der Waals surface area contributed by atoms with Crippen LogP contribution in [0.5, 0.6) is 5.75 Å². The lowest BCUT2D eigenvalue weighted by atomic mass is 10.1. The minimum atomic E-state index is -0.324. The van der Waals surface area contributed by atoms with Gasteiger partial charge in [-0.3, -0.25) is 0 Å². The fourth-order valence-corrected chi connectivity index (χ4v) is 1.44. The molecule has 13 heavy (non-hydrogen) atoms. The molecule has 1 aliphatic rings. The fraction of sp³-hybridized carbons (Fsp3) is 0.300. The van der Waals surface area contributed by atoms with Crippen molar-refractivity contribution in [2.45, 2.75) is 18.4 Å². The first-order valence-electron chi connectivity index (χ1n) is 4.15. The van der Waals surface area contributed by atoms with Crippen LogP contribution >= 0.6 is 0 Å². The highest BCUT2D eigenvalue weighted by Gasteiger charge is 2.44. The number of aliphatic imine (C=N–C) groups is 1. The van der Waals surface area contributed by atoms with Crippen molar-refractivity contribution in [1.82, 2.24) is 0 Å². The van der Waals surface area contributed by atoms with E-state index in [9.17, 15) is 4.79 Å². The molecule has 0 unspecified atom stereocenters. The lowest BCUT2D eigenvalue weighted by Crippen LogP contribution is -2.00. The molecule has 1 aromatic rings. The molecule has 0 bridgehead atoms. The van der Waals surface area contributed by atoms with Gasteiger partial charge in [-0.15, -0.1) is 0 Å². The van der Waals surface area contributed by atoms with Gasteiger partial charge in [0.1, 0.15) is 5.75 Å². The summed E-state index contributed by atoms with van der Waals surface area (Å²) in [6, 6.07) is 6.80. The zero-order valence-electron chi connectivity index (χ0n) is 7.03. The van der Waals surface area contributed by atoms with Crippen molar-refractivity contribution in [2.24, 2.45) is 4.99 Å². The molecule has 0 aliphatic heterocycles. The van der Waals surface area contributed by atoms with Crippen LogP contribution in [0.3, 0.4) is 0 Å². The van der Waals surface area contributed by atoms with Crippen molar-refractivity contribution in [2.75, 3.05) is 0 Å². The van der Waals surface area contributed by atoms with E-state index in [-0.39, 0.29) is 11.3 Å². The average molecular weight is 175 g/mol. The van der Waals surface area contributed by atoms with Gasteiger partial charge in [0, 0.05) is 0 Å². The van der Waals surface area contributed by atoms with E-state index < -0.39 is 0 Å². The number of rotatable bonds is 2. The Bertz CT molecular complexity index is 359. The summed E-state index contributed by atoms with van der Waals surface area (Å²) in [5.74, 6) is 0.231. The second-order valence-corrected chi connectivity index (χ2v) is 3.28. The summed E-state index contributed by atoms with van der Waals surface area (Å²) in [6.07, 6.45) is 3.39. The molecule has 1 aliphatic carbocycles. The summed E-state index contributed by atoms with van der Waals surface area (Å²) in [6.45, 7) is 0. The lowest BCUT2D eigenvalue weighted by Gasteiger charge is -2.06. The van der Waals surface area contributed by atoms with Crippen LogP contribution in [-0.4, -0.2) is 11.2 Å². The van der Waals surface area contributed by atoms with Gasteiger partial charge in [0.15, 0.2) is 0 Å². The van der Waals surface area contributed by atoms with E-state index in [0.29, 0.717) is 0 Å².